The van der Waals surface area contributed by atoms with Crippen LogP contribution in [0.3, 0.4) is 0 Å². The topological polar surface area (TPSA) is 64.7 Å². The standard InChI is InChI=1S/C19H20F2N4O2/c20-14-5-7-15(8-6-14)24-9-11-25(12-10-24)19(27)22-13-18(26)23-17-4-2-1-3-16(17)21/h1-8H,9-13H2,(H,22,27)(H,23,26). The lowest BCUT2D eigenvalue weighted by Crippen LogP contribution is -2.52. The number of piperazine rings is 1. The highest BCUT2D eigenvalue weighted by Crippen LogP contribution is 2.17. The first-order chi connectivity index (χ1) is 13.0. The van der Waals surface area contributed by atoms with Crippen LogP contribution >= 0.6 is 0 Å². The Balaban J connectivity index is 1.43. The van der Waals surface area contributed by atoms with Crippen LogP contribution in [0.1, 0.15) is 0 Å². The predicted molar refractivity (Wildman–Crippen MR) is 98.6 cm³/mol. The van der Waals surface area contributed by atoms with Gasteiger partial charge in [-0.05, 0) is 36.4 Å². The molecule has 3 amide bonds. The van der Waals surface area contributed by atoms with Crippen LogP contribution in [0.15, 0.2) is 48.5 Å². The summed E-state index contributed by atoms with van der Waals surface area (Å²) in [6, 6.07) is 11.7. The number of benzene rings is 2. The van der Waals surface area contributed by atoms with Gasteiger partial charge in [0.2, 0.25) is 5.91 Å². The molecular weight excluding hydrogens is 354 g/mol. The highest BCUT2D eigenvalue weighted by Gasteiger charge is 2.21. The predicted octanol–water partition coefficient (Wildman–Crippen LogP) is 2.44. The number of hydrogen-bond donors (Lipinski definition) is 2. The average molecular weight is 374 g/mol. The summed E-state index contributed by atoms with van der Waals surface area (Å²) in [5, 5.41) is 4.95. The van der Waals surface area contributed by atoms with Crippen LogP contribution < -0.4 is 15.5 Å². The molecular formula is C19H20F2N4O2. The molecule has 8 heteroatoms. The summed E-state index contributed by atoms with van der Waals surface area (Å²) in [4.78, 5) is 27.7. The Morgan fingerprint density at radius 1 is 0.926 bits per heavy atom. The Hall–Kier alpha value is -3.16. The van der Waals surface area contributed by atoms with Crippen LogP contribution in [0.4, 0.5) is 25.0 Å². The monoisotopic (exact) mass is 374 g/mol. The summed E-state index contributed by atoms with van der Waals surface area (Å²) in [5.41, 5.74) is 0.977. The minimum Gasteiger partial charge on any atom is -0.368 e. The Kier molecular flexibility index (Phi) is 5.85. The molecule has 2 aromatic rings. The Bertz CT molecular complexity index is 806. The molecule has 0 aliphatic carbocycles. The second kappa shape index (κ2) is 8.48. The quantitative estimate of drug-likeness (QED) is 0.864. The van der Waals surface area contributed by atoms with E-state index in [9.17, 15) is 18.4 Å². The molecule has 0 atom stereocenters. The third kappa shape index (κ3) is 4.93. The zero-order valence-corrected chi connectivity index (χ0v) is 14.6. The molecule has 0 unspecified atom stereocenters. The highest BCUT2D eigenvalue weighted by atomic mass is 19.1. The first kappa shape index (κ1) is 18.6. The third-order valence-corrected chi connectivity index (χ3v) is 4.31. The molecule has 0 spiro atoms. The number of hydrogen-bond acceptors (Lipinski definition) is 3. The largest absolute Gasteiger partial charge is 0.368 e. The molecule has 3 rings (SSSR count). The van der Waals surface area contributed by atoms with Crippen molar-refractivity contribution in [3.8, 4) is 0 Å². The molecule has 0 bridgehead atoms. The first-order valence-corrected chi connectivity index (χ1v) is 8.60. The smallest absolute Gasteiger partial charge is 0.317 e. The van der Waals surface area contributed by atoms with Gasteiger partial charge in [-0.25, -0.2) is 13.6 Å². The van der Waals surface area contributed by atoms with E-state index in [0.29, 0.717) is 26.2 Å². The lowest BCUT2D eigenvalue weighted by atomic mass is 10.2. The van der Waals surface area contributed by atoms with Crippen LogP contribution in [0.2, 0.25) is 0 Å². The molecule has 2 N–H and O–H groups in total. The lowest BCUT2D eigenvalue weighted by Gasteiger charge is -2.36. The molecule has 1 heterocycles. The van der Waals surface area contributed by atoms with Crippen LogP contribution in [0.25, 0.3) is 0 Å². The maximum atomic E-state index is 13.5. The summed E-state index contributed by atoms with van der Waals surface area (Å²) >= 11 is 0. The number of urea groups is 1. The molecule has 1 fully saturated rings. The van der Waals surface area contributed by atoms with Crippen LogP contribution in [-0.4, -0.2) is 49.6 Å². The number of para-hydroxylation sites is 1. The fourth-order valence-corrected chi connectivity index (χ4v) is 2.84. The number of carbonyl (C=O) groups excluding carboxylic acids is 2. The Labute approximate surface area is 155 Å². The maximum absolute atomic E-state index is 13.5. The molecule has 142 valence electrons. The van der Waals surface area contributed by atoms with Crippen molar-refractivity contribution in [2.24, 2.45) is 0 Å². The first-order valence-electron chi connectivity index (χ1n) is 8.60. The highest BCUT2D eigenvalue weighted by molar-refractivity contribution is 5.94. The van der Waals surface area contributed by atoms with Gasteiger partial charge in [0.25, 0.3) is 0 Å². The number of halogens is 2. The summed E-state index contributed by atoms with van der Waals surface area (Å²) in [5.74, 6) is -1.32. The van der Waals surface area contributed by atoms with Crippen molar-refractivity contribution in [1.29, 1.82) is 0 Å². The van der Waals surface area contributed by atoms with E-state index in [0.717, 1.165) is 5.69 Å². The van der Waals surface area contributed by atoms with Crippen molar-refractivity contribution in [3.63, 3.8) is 0 Å². The fraction of sp³-hybridized carbons (Fsp3) is 0.263. The average Bonchev–Trinajstić information content (AvgIpc) is 2.69. The second-order valence-electron chi connectivity index (χ2n) is 6.14. The zero-order chi connectivity index (χ0) is 19.2. The van der Waals surface area contributed by atoms with E-state index in [-0.39, 0.29) is 24.1 Å². The lowest BCUT2D eigenvalue weighted by molar-refractivity contribution is -0.115. The van der Waals surface area contributed by atoms with E-state index in [1.54, 1.807) is 23.1 Å². The van der Waals surface area contributed by atoms with Crippen molar-refractivity contribution in [1.82, 2.24) is 10.2 Å². The van der Waals surface area contributed by atoms with Crippen molar-refractivity contribution in [2.45, 2.75) is 0 Å². The van der Waals surface area contributed by atoms with Gasteiger partial charge < -0.3 is 20.4 Å². The van der Waals surface area contributed by atoms with Crippen molar-refractivity contribution in [3.05, 3.63) is 60.2 Å². The number of carbonyl (C=O) groups is 2. The third-order valence-electron chi connectivity index (χ3n) is 4.31. The van der Waals surface area contributed by atoms with E-state index < -0.39 is 11.7 Å². The van der Waals surface area contributed by atoms with Crippen molar-refractivity contribution >= 4 is 23.3 Å². The van der Waals surface area contributed by atoms with Gasteiger partial charge in [-0.3, -0.25) is 4.79 Å². The van der Waals surface area contributed by atoms with E-state index in [1.165, 1.54) is 30.3 Å². The number of nitrogens with zero attached hydrogens (tertiary/aromatic N) is 2. The van der Waals surface area contributed by atoms with E-state index >= 15 is 0 Å². The van der Waals surface area contributed by atoms with E-state index in [1.807, 2.05) is 0 Å². The van der Waals surface area contributed by atoms with Gasteiger partial charge in [0.05, 0.1) is 12.2 Å². The maximum Gasteiger partial charge on any atom is 0.317 e. The van der Waals surface area contributed by atoms with Gasteiger partial charge >= 0.3 is 6.03 Å². The van der Waals surface area contributed by atoms with Gasteiger partial charge in [-0.2, -0.15) is 0 Å². The molecule has 0 aromatic heterocycles. The van der Waals surface area contributed by atoms with Crippen LogP contribution in [-0.2, 0) is 4.79 Å². The van der Waals surface area contributed by atoms with Crippen molar-refractivity contribution in [2.75, 3.05) is 42.9 Å². The van der Waals surface area contributed by atoms with Gasteiger partial charge in [0.1, 0.15) is 11.6 Å². The van der Waals surface area contributed by atoms with Gasteiger partial charge in [0, 0.05) is 31.9 Å². The van der Waals surface area contributed by atoms with Crippen LogP contribution in [0, 0.1) is 11.6 Å². The SMILES string of the molecule is O=C(CNC(=O)N1CCN(c2ccc(F)cc2)CC1)Nc1ccccc1F. The molecule has 1 saturated heterocycles. The molecule has 2 aromatic carbocycles. The van der Waals surface area contributed by atoms with E-state index in [2.05, 4.69) is 15.5 Å². The Morgan fingerprint density at radius 2 is 1.59 bits per heavy atom. The second-order valence-corrected chi connectivity index (χ2v) is 6.14. The molecule has 0 saturated carbocycles. The van der Waals surface area contributed by atoms with Crippen LogP contribution in [0.5, 0.6) is 0 Å². The Morgan fingerprint density at radius 3 is 2.26 bits per heavy atom. The number of amides is 3. The minimum absolute atomic E-state index is 0.0738. The van der Waals surface area contributed by atoms with Crippen molar-refractivity contribution < 1.29 is 18.4 Å². The van der Waals surface area contributed by atoms with Gasteiger partial charge in [-0.1, -0.05) is 12.1 Å². The molecule has 1 aliphatic rings. The van der Waals surface area contributed by atoms with Gasteiger partial charge in [0.15, 0.2) is 0 Å². The summed E-state index contributed by atoms with van der Waals surface area (Å²) < 4.78 is 26.5. The number of nitrogens with one attached hydrogen (secondary N) is 2. The van der Waals surface area contributed by atoms with E-state index in [4.69, 9.17) is 0 Å². The summed E-state index contributed by atoms with van der Waals surface area (Å²) in [7, 11) is 0. The fourth-order valence-electron chi connectivity index (χ4n) is 2.84. The molecule has 0 radical (unpaired) electrons. The summed E-state index contributed by atoms with van der Waals surface area (Å²) in [6.07, 6.45) is 0. The molecule has 27 heavy (non-hydrogen) atoms. The molecule has 6 nitrogen and oxygen atoms in total. The molecule has 1 aliphatic heterocycles. The summed E-state index contributed by atoms with van der Waals surface area (Å²) in [6.45, 7) is 1.95. The minimum atomic E-state index is -0.533. The normalized spacial score (nSPS) is 14.0. The number of rotatable bonds is 4. The number of anilines is 2. The zero-order valence-electron chi connectivity index (χ0n) is 14.6. The van der Waals surface area contributed by atoms with Gasteiger partial charge in [-0.15, -0.1) is 0 Å².